The molecule has 0 aromatic heterocycles. The lowest BCUT2D eigenvalue weighted by atomic mass is 9.88. The van der Waals surface area contributed by atoms with Crippen LogP contribution < -0.4 is 10.5 Å². The first-order chi connectivity index (χ1) is 7.83. The van der Waals surface area contributed by atoms with Gasteiger partial charge in [-0.05, 0) is 37.1 Å². The first-order valence-electron chi connectivity index (χ1n) is 5.56. The van der Waals surface area contributed by atoms with Gasteiger partial charge < -0.3 is 10.5 Å². The van der Waals surface area contributed by atoms with Crippen LogP contribution in [0.4, 0.5) is 4.39 Å². The molecule has 0 saturated carbocycles. The highest BCUT2D eigenvalue weighted by atomic mass is 19.1. The van der Waals surface area contributed by atoms with E-state index in [1.54, 1.807) is 13.0 Å². The van der Waals surface area contributed by atoms with Gasteiger partial charge in [-0.3, -0.25) is 5.41 Å². The molecule has 3 nitrogen and oxygen atoms in total. The molecule has 0 bridgehead atoms. The molecule has 0 radical (unpaired) electrons. The van der Waals surface area contributed by atoms with Crippen molar-refractivity contribution in [3.05, 3.63) is 29.6 Å². The Morgan fingerprint density at radius 1 is 1.47 bits per heavy atom. The van der Waals surface area contributed by atoms with Crippen molar-refractivity contribution < 1.29 is 9.13 Å². The van der Waals surface area contributed by atoms with Gasteiger partial charge in [-0.25, -0.2) is 4.39 Å². The highest BCUT2D eigenvalue weighted by Gasteiger charge is 2.21. The lowest BCUT2D eigenvalue weighted by Gasteiger charge is -2.22. The SMILES string of the molecule is Cc1cc(F)ccc1OCCC(C)(C)C(=N)N. The first kappa shape index (κ1) is 13.5. The van der Waals surface area contributed by atoms with E-state index in [2.05, 4.69) is 0 Å². The van der Waals surface area contributed by atoms with Crippen LogP contribution in [0.25, 0.3) is 0 Å². The number of rotatable bonds is 5. The van der Waals surface area contributed by atoms with Gasteiger partial charge in [0.2, 0.25) is 0 Å². The summed E-state index contributed by atoms with van der Waals surface area (Å²) in [5, 5.41) is 7.42. The van der Waals surface area contributed by atoms with Crippen molar-refractivity contribution >= 4 is 5.84 Å². The molecular formula is C13H19FN2O. The normalized spacial score (nSPS) is 11.3. The number of amidine groups is 1. The number of hydrogen-bond acceptors (Lipinski definition) is 2. The zero-order valence-corrected chi connectivity index (χ0v) is 10.5. The molecule has 17 heavy (non-hydrogen) atoms. The second kappa shape index (κ2) is 5.17. The van der Waals surface area contributed by atoms with Crippen LogP contribution in [0.2, 0.25) is 0 Å². The summed E-state index contributed by atoms with van der Waals surface area (Å²) in [5.41, 5.74) is 5.88. The molecule has 1 rings (SSSR count). The Morgan fingerprint density at radius 2 is 2.12 bits per heavy atom. The first-order valence-corrected chi connectivity index (χ1v) is 5.56. The molecule has 4 heteroatoms. The molecule has 1 aromatic carbocycles. The molecular weight excluding hydrogens is 219 g/mol. The Bertz CT molecular complexity index is 416. The van der Waals surface area contributed by atoms with E-state index >= 15 is 0 Å². The quantitative estimate of drug-likeness (QED) is 0.612. The van der Waals surface area contributed by atoms with Crippen LogP contribution in [0.1, 0.15) is 25.8 Å². The van der Waals surface area contributed by atoms with Crippen molar-refractivity contribution in [2.45, 2.75) is 27.2 Å². The molecule has 0 saturated heterocycles. The van der Waals surface area contributed by atoms with E-state index in [1.165, 1.54) is 12.1 Å². The minimum atomic E-state index is -0.367. The van der Waals surface area contributed by atoms with Gasteiger partial charge in [0, 0.05) is 5.41 Å². The van der Waals surface area contributed by atoms with Gasteiger partial charge >= 0.3 is 0 Å². The maximum Gasteiger partial charge on any atom is 0.123 e. The Balaban J connectivity index is 2.54. The van der Waals surface area contributed by atoms with Gasteiger partial charge in [-0.2, -0.15) is 0 Å². The smallest absolute Gasteiger partial charge is 0.123 e. The summed E-state index contributed by atoms with van der Waals surface area (Å²) < 4.78 is 18.4. The maximum atomic E-state index is 12.9. The van der Waals surface area contributed by atoms with E-state index in [9.17, 15) is 4.39 Å². The second-order valence-corrected chi connectivity index (χ2v) is 4.81. The van der Waals surface area contributed by atoms with Gasteiger partial charge in [0.15, 0.2) is 0 Å². The fourth-order valence-electron chi connectivity index (χ4n) is 1.33. The van der Waals surface area contributed by atoms with Gasteiger partial charge in [0.05, 0.1) is 12.4 Å². The molecule has 1 aromatic rings. The van der Waals surface area contributed by atoms with Crippen molar-refractivity contribution in [1.82, 2.24) is 0 Å². The summed E-state index contributed by atoms with van der Waals surface area (Å²) in [4.78, 5) is 0. The fourth-order valence-corrected chi connectivity index (χ4v) is 1.33. The molecule has 0 aliphatic rings. The second-order valence-electron chi connectivity index (χ2n) is 4.81. The lowest BCUT2D eigenvalue weighted by molar-refractivity contribution is 0.267. The van der Waals surface area contributed by atoms with E-state index in [0.717, 1.165) is 5.56 Å². The average Bonchev–Trinajstić information content (AvgIpc) is 2.21. The number of halogens is 1. The zero-order valence-electron chi connectivity index (χ0n) is 10.5. The molecule has 0 fully saturated rings. The van der Waals surface area contributed by atoms with Crippen molar-refractivity contribution in [2.24, 2.45) is 11.1 Å². The number of benzene rings is 1. The summed E-state index contributed by atoms with van der Waals surface area (Å²) in [7, 11) is 0. The van der Waals surface area contributed by atoms with Crippen LogP contribution in [0.5, 0.6) is 5.75 Å². The third-order valence-corrected chi connectivity index (χ3v) is 2.85. The highest BCUT2D eigenvalue weighted by Crippen LogP contribution is 2.22. The van der Waals surface area contributed by atoms with Crippen molar-refractivity contribution in [3.63, 3.8) is 0 Å². The lowest BCUT2D eigenvalue weighted by Crippen LogP contribution is -2.32. The summed E-state index contributed by atoms with van der Waals surface area (Å²) in [5.74, 6) is 0.557. The fraction of sp³-hybridized carbons (Fsp3) is 0.462. The van der Waals surface area contributed by atoms with Gasteiger partial charge in [-0.15, -0.1) is 0 Å². The van der Waals surface area contributed by atoms with Crippen LogP contribution >= 0.6 is 0 Å². The maximum absolute atomic E-state index is 12.9. The Kier molecular flexibility index (Phi) is 4.10. The molecule has 0 spiro atoms. The van der Waals surface area contributed by atoms with Crippen LogP contribution in [0, 0.1) is 23.6 Å². The summed E-state index contributed by atoms with van der Waals surface area (Å²) in [6, 6.07) is 4.43. The van der Waals surface area contributed by atoms with Gasteiger partial charge in [0.1, 0.15) is 11.6 Å². The highest BCUT2D eigenvalue weighted by molar-refractivity contribution is 5.82. The Morgan fingerprint density at radius 3 is 2.65 bits per heavy atom. The number of nitrogens with one attached hydrogen (secondary N) is 1. The van der Waals surface area contributed by atoms with E-state index in [-0.39, 0.29) is 17.1 Å². The predicted octanol–water partition coefficient (Wildman–Crippen LogP) is 2.87. The monoisotopic (exact) mass is 238 g/mol. The summed E-state index contributed by atoms with van der Waals surface area (Å²) in [6.45, 7) is 6.06. The standard InChI is InChI=1S/C13H19FN2O/c1-9-8-10(14)4-5-11(9)17-7-6-13(2,3)12(15)16/h4-5,8H,6-7H2,1-3H3,(H3,15,16). The third kappa shape index (κ3) is 3.73. The van der Waals surface area contributed by atoms with Crippen molar-refractivity contribution in [1.29, 1.82) is 5.41 Å². The van der Waals surface area contributed by atoms with Gasteiger partial charge in [0.25, 0.3) is 0 Å². The van der Waals surface area contributed by atoms with Crippen LogP contribution in [0.3, 0.4) is 0 Å². The van der Waals surface area contributed by atoms with Gasteiger partial charge in [-0.1, -0.05) is 13.8 Å². The topological polar surface area (TPSA) is 59.1 Å². The number of nitrogens with two attached hydrogens (primary N) is 1. The van der Waals surface area contributed by atoms with E-state index in [4.69, 9.17) is 15.9 Å². The van der Waals surface area contributed by atoms with Crippen LogP contribution in [0.15, 0.2) is 18.2 Å². The minimum Gasteiger partial charge on any atom is -0.493 e. The Hall–Kier alpha value is -1.58. The molecule has 0 heterocycles. The van der Waals surface area contributed by atoms with Crippen LogP contribution in [-0.2, 0) is 0 Å². The number of ether oxygens (including phenoxy) is 1. The molecule has 3 N–H and O–H groups in total. The number of hydrogen-bond donors (Lipinski definition) is 2. The molecule has 94 valence electrons. The largest absolute Gasteiger partial charge is 0.493 e. The van der Waals surface area contributed by atoms with Crippen molar-refractivity contribution in [2.75, 3.05) is 6.61 Å². The molecule has 0 aliphatic carbocycles. The minimum absolute atomic E-state index is 0.150. The summed E-state index contributed by atoms with van der Waals surface area (Å²) >= 11 is 0. The molecule has 0 unspecified atom stereocenters. The molecule has 0 atom stereocenters. The zero-order chi connectivity index (χ0) is 13.1. The van der Waals surface area contributed by atoms with E-state index < -0.39 is 0 Å². The molecule has 0 amide bonds. The van der Waals surface area contributed by atoms with E-state index in [0.29, 0.717) is 18.8 Å². The summed E-state index contributed by atoms with van der Waals surface area (Å²) in [6.07, 6.45) is 0.652. The van der Waals surface area contributed by atoms with Crippen LogP contribution in [-0.4, -0.2) is 12.4 Å². The number of aryl methyl sites for hydroxylation is 1. The predicted molar refractivity (Wildman–Crippen MR) is 66.9 cm³/mol. The van der Waals surface area contributed by atoms with E-state index in [1.807, 2.05) is 13.8 Å². The third-order valence-electron chi connectivity index (χ3n) is 2.85. The average molecular weight is 238 g/mol. The van der Waals surface area contributed by atoms with Crippen molar-refractivity contribution in [3.8, 4) is 5.75 Å². The Labute approximate surface area is 101 Å². The molecule has 0 aliphatic heterocycles.